The van der Waals surface area contributed by atoms with Crippen LogP contribution >= 0.6 is 0 Å². The summed E-state index contributed by atoms with van der Waals surface area (Å²) in [6, 6.07) is 6.91. The Bertz CT molecular complexity index is 1350. The molecule has 0 aromatic heterocycles. The first-order chi connectivity index (χ1) is 25.9. The van der Waals surface area contributed by atoms with E-state index >= 15 is 0 Å². The third-order valence-electron chi connectivity index (χ3n) is 12.1. The predicted molar refractivity (Wildman–Crippen MR) is 218 cm³/mol. The van der Waals surface area contributed by atoms with Crippen LogP contribution in [0.2, 0.25) is 0 Å². The van der Waals surface area contributed by atoms with Crippen molar-refractivity contribution < 1.29 is 33.8 Å². The second kappa shape index (κ2) is 22.6. The van der Waals surface area contributed by atoms with Crippen molar-refractivity contribution >= 4 is 23.6 Å². The lowest BCUT2D eigenvalue weighted by atomic mass is 9.89. The van der Waals surface area contributed by atoms with E-state index in [9.17, 15) is 24.3 Å². The van der Waals surface area contributed by atoms with Crippen molar-refractivity contribution in [1.82, 2.24) is 25.3 Å². The lowest BCUT2D eigenvalue weighted by Crippen LogP contribution is -2.60. The maximum absolute atomic E-state index is 14.4. The number of likely N-dealkylation sites (tertiary alicyclic amines) is 1. The van der Waals surface area contributed by atoms with Crippen LogP contribution in [0.5, 0.6) is 0 Å². The van der Waals surface area contributed by atoms with Crippen LogP contribution < -0.4 is 10.6 Å². The summed E-state index contributed by atoms with van der Waals surface area (Å²) in [7, 11) is 6.84. The van der Waals surface area contributed by atoms with Crippen LogP contribution in [0.3, 0.4) is 0 Å². The maximum atomic E-state index is 14.4. The minimum absolute atomic E-state index is 0.0202. The van der Waals surface area contributed by atoms with Crippen LogP contribution in [0, 0.1) is 23.7 Å². The minimum Gasteiger partial charge on any atom is -0.386 e. The Morgan fingerprint density at radius 3 is 2.00 bits per heavy atom. The highest BCUT2D eigenvalue weighted by atomic mass is 16.5. The molecule has 4 amide bonds. The zero-order chi connectivity index (χ0) is 41.7. The van der Waals surface area contributed by atoms with E-state index in [1.54, 1.807) is 44.9 Å². The molecule has 1 aromatic rings. The molecule has 1 aliphatic heterocycles. The van der Waals surface area contributed by atoms with Crippen LogP contribution in [-0.4, -0.2) is 127 Å². The number of amides is 4. The average molecular weight is 774 g/mol. The van der Waals surface area contributed by atoms with Crippen LogP contribution in [-0.2, 0) is 28.7 Å². The smallest absolute Gasteiger partial charge is 0.245 e. The highest BCUT2D eigenvalue weighted by Gasteiger charge is 2.43. The first-order valence-electron chi connectivity index (χ1n) is 20.5. The molecule has 0 aliphatic carbocycles. The summed E-state index contributed by atoms with van der Waals surface area (Å²) in [6.07, 6.45) is 1.03. The molecule has 1 heterocycles. The Labute approximate surface area is 332 Å². The van der Waals surface area contributed by atoms with Gasteiger partial charge in [-0.05, 0) is 63.5 Å². The van der Waals surface area contributed by atoms with Crippen LogP contribution in [0.1, 0.15) is 113 Å². The largest absolute Gasteiger partial charge is 0.386 e. The third kappa shape index (κ3) is 12.5. The van der Waals surface area contributed by atoms with Gasteiger partial charge in [0.25, 0.3) is 0 Å². The van der Waals surface area contributed by atoms with Crippen LogP contribution in [0.4, 0.5) is 0 Å². The van der Waals surface area contributed by atoms with Gasteiger partial charge in [0, 0.05) is 33.9 Å². The second-order valence-electron chi connectivity index (χ2n) is 16.6. The molecule has 314 valence electrons. The van der Waals surface area contributed by atoms with Gasteiger partial charge in [-0.2, -0.15) is 0 Å². The number of hydrogen-bond donors (Lipinski definition) is 3. The molecule has 1 aromatic carbocycles. The molecule has 0 bridgehead atoms. The van der Waals surface area contributed by atoms with Crippen LogP contribution in [0.15, 0.2) is 30.3 Å². The molecule has 11 atom stereocenters. The van der Waals surface area contributed by atoms with Crippen molar-refractivity contribution in [2.75, 3.05) is 34.9 Å². The molecular formula is C43H75N5O7. The fraction of sp³-hybridized carbons (Fsp3) is 0.767. The molecule has 12 heteroatoms. The molecule has 55 heavy (non-hydrogen) atoms. The first-order valence-corrected chi connectivity index (χ1v) is 20.5. The van der Waals surface area contributed by atoms with Gasteiger partial charge in [0.15, 0.2) is 0 Å². The van der Waals surface area contributed by atoms with Gasteiger partial charge >= 0.3 is 0 Å². The number of ether oxygens (including phenoxy) is 2. The van der Waals surface area contributed by atoms with E-state index in [1.807, 2.05) is 65.1 Å². The normalized spacial score (nSPS) is 20.3. The van der Waals surface area contributed by atoms with Gasteiger partial charge in [0.1, 0.15) is 6.04 Å². The van der Waals surface area contributed by atoms with Gasteiger partial charge in [-0.3, -0.25) is 24.1 Å². The second-order valence-corrected chi connectivity index (χ2v) is 16.6. The Balaban J connectivity index is 2.27. The number of rotatable bonds is 22. The SMILES string of the molecule is CCC(C)N(C)C(C(=O)N[C@H](C(=O)N(C)[C@@H]([C@@H](C)CC)[C@@H](CC(=O)N1CCC[C@H]1[C@H](OC)C(C)C(=O)N[C@H](C)[C@@H](O)c1ccccc1)OC)C(C)C)C(C)C. The minimum atomic E-state index is -0.877. The number of aliphatic hydroxyl groups excluding tert-OH is 1. The summed E-state index contributed by atoms with van der Waals surface area (Å²) in [5, 5.41) is 16.9. The zero-order valence-corrected chi connectivity index (χ0v) is 36.4. The van der Waals surface area contributed by atoms with E-state index in [0.717, 1.165) is 19.3 Å². The molecule has 0 spiro atoms. The lowest BCUT2D eigenvalue weighted by Gasteiger charge is -2.41. The summed E-state index contributed by atoms with van der Waals surface area (Å²) < 4.78 is 12.0. The summed E-state index contributed by atoms with van der Waals surface area (Å²) in [5.41, 5.74) is 0.712. The maximum Gasteiger partial charge on any atom is 0.245 e. The summed E-state index contributed by atoms with van der Waals surface area (Å²) in [4.78, 5) is 61.5. The monoisotopic (exact) mass is 774 g/mol. The van der Waals surface area contributed by atoms with Crippen molar-refractivity contribution in [2.45, 2.75) is 156 Å². The van der Waals surface area contributed by atoms with Gasteiger partial charge in [-0.1, -0.05) is 92.1 Å². The van der Waals surface area contributed by atoms with Crippen molar-refractivity contribution in [3.8, 4) is 0 Å². The molecule has 0 radical (unpaired) electrons. The summed E-state index contributed by atoms with van der Waals surface area (Å²) in [6.45, 7) is 20.3. The third-order valence-corrected chi connectivity index (χ3v) is 12.1. The van der Waals surface area contributed by atoms with Gasteiger partial charge in [-0.25, -0.2) is 0 Å². The molecule has 1 fully saturated rings. The van der Waals surface area contributed by atoms with E-state index < -0.39 is 48.4 Å². The Hall–Kier alpha value is -3.06. The van der Waals surface area contributed by atoms with Crippen molar-refractivity contribution in [3.05, 3.63) is 35.9 Å². The summed E-state index contributed by atoms with van der Waals surface area (Å²) in [5.74, 6) is -1.56. The van der Waals surface area contributed by atoms with Crippen molar-refractivity contribution in [1.29, 1.82) is 0 Å². The Morgan fingerprint density at radius 2 is 1.49 bits per heavy atom. The molecule has 1 saturated heterocycles. The van der Waals surface area contributed by atoms with Gasteiger partial charge in [-0.15, -0.1) is 0 Å². The summed E-state index contributed by atoms with van der Waals surface area (Å²) >= 11 is 0. The number of carbonyl (C=O) groups is 4. The van der Waals surface area contributed by atoms with Crippen molar-refractivity contribution in [3.63, 3.8) is 0 Å². The van der Waals surface area contributed by atoms with E-state index in [-0.39, 0.29) is 59.9 Å². The molecular weight excluding hydrogens is 699 g/mol. The number of nitrogens with one attached hydrogen (secondary N) is 2. The van der Waals surface area contributed by atoms with E-state index in [2.05, 4.69) is 43.2 Å². The van der Waals surface area contributed by atoms with Gasteiger partial charge in [0.05, 0.1) is 54.8 Å². The van der Waals surface area contributed by atoms with E-state index in [1.165, 1.54) is 0 Å². The molecule has 3 unspecified atom stereocenters. The van der Waals surface area contributed by atoms with Gasteiger partial charge < -0.3 is 35.0 Å². The highest BCUT2D eigenvalue weighted by Crippen LogP contribution is 2.30. The Kier molecular flexibility index (Phi) is 19.8. The average Bonchev–Trinajstić information content (AvgIpc) is 3.65. The zero-order valence-electron chi connectivity index (χ0n) is 36.4. The highest BCUT2D eigenvalue weighted by molar-refractivity contribution is 5.90. The number of methoxy groups -OCH3 is 2. The van der Waals surface area contributed by atoms with E-state index in [4.69, 9.17) is 9.47 Å². The van der Waals surface area contributed by atoms with E-state index in [0.29, 0.717) is 18.5 Å². The molecule has 2 rings (SSSR count). The van der Waals surface area contributed by atoms with Gasteiger partial charge in [0.2, 0.25) is 23.6 Å². The fourth-order valence-corrected chi connectivity index (χ4v) is 8.17. The lowest BCUT2D eigenvalue weighted by molar-refractivity contribution is -0.148. The quantitative estimate of drug-likeness (QED) is 0.149. The number of carbonyl (C=O) groups excluding carboxylic acids is 4. The number of nitrogens with zero attached hydrogens (tertiary/aromatic N) is 3. The predicted octanol–water partition coefficient (Wildman–Crippen LogP) is 5.04. The first kappa shape index (κ1) is 48.1. The van der Waals surface area contributed by atoms with Crippen molar-refractivity contribution in [2.24, 2.45) is 23.7 Å². The molecule has 1 aliphatic rings. The number of aliphatic hydroxyl groups is 1. The Morgan fingerprint density at radius 1 is 0.873 bits per heavy atom. The van der Waals surface area contributed by atoms with Crippen LogP contribution in [0.25, 0.3) is 0 Å². The standard InChI is InChI=1S/C43H75N5O7/c1-15-28(7)38(47(12)43(53)36(26(3)4)45-42(52)37(27(5)6)46(11)29(8)16-2)34(54-13)25-35(49)48-24-20-23-33(48)40(55-14)30(9)41(51)44-31(10)39(50)32-21-18-17-19-22-32/h17-19,21-22,26-31,33-34,36-40,50H,15-16,20,23-25H2,1-14H3,(H,44,51)(H,45,52)/t28-,29?,30?,31+,33-,34+,36-,37?,38-,39+,40+/m0/s1. The molecule has 0 saturated carbocycles. The number of likely N-dealkylation sites (N-methyl/N-ethyl adjacent to an activating group) is 2. The number of benzene rings is 1. The molecule has 3 N–H and O–H groups in total. The topological polar surface area (TPSA) is 141 Å². The molecule has 12 nitrogen and oxygen atoms in total. The number of hydrogen-bond acceptors (Lipinski definition) is 8. The fourth-order valence-electron chi connectivity index (χ4n) is 8.17.